The molecule has 0 amide bonds. The summed E-state index contributed by atoms with van der Waals surface area (Å²) in [4.78, 5) is 0. The van der Waals surface area contributed by atoms with Crippen molar-refractivity contribution >= 4 is 33.1 Å². The number of hydrogen-bond donors (Lipinski definition) is 1. The molecule has 0 aromatic rings. The third-order valence-corrected chi connectivity index (χ3v) is 17.7. The van der Waals surface area contributed by atoms with E-state index in [1.54, 1.807) is 14.2 Å². The Morgan fingerprint density at radius 3 is 1.58 bits per heavy atom. The van der Waals surface area contributed by atoms with Crippen LogP contribution in [0.1, 0.15) is 12.8 Å². The van der Waals surface area contributed by atoms with Crippen LogP contribution in [0.2, 0.25) is 77.6 Å². The number of hydrogen-bond acceptors (Lipinski definition) is 4. The minimum Gasteiger partial charge on any atom is -0.421 e. The molecule has 0 aliphatic carbocycles. The summed E-state index contributed by atoms with van der Waals surface area (Å²) in [5.41, 5.74) is 5.36. The van der Waals surface area contributed by atoms with Gasteiger partial charge in [-0.2, -0.15) is 0 Å². The van der Waals surface area contributed by atoms with E-state index in [0.29, 0.717) is 0 Å². The zero-order valence-corrected chi connectivity index (χ0v) is 24.1. The highest BCUT2D eigenvalue weighted by Crippen LogP contribution is 2.30. The first-order valence-corrected chi connectivity index (χ1v) is 23.2. The average Bonchev–Trinajstić information content (AvgIpc) is 2.85. The van der Waals surface area contributed by atoms with Crippen molar-refractivity contribution < 1.29 is 8.85 Å². The van der Waals surface area contributed by atoms with E-state index in [2.05, 4.69) is 69.7 Å². The molecule has 0 bridgehead atoms. The molecule has 1 saturated heterocycles. The summed E-state index contributed by atoms with van der Waals surface area (Å²) in [5.74, 6) is 0. The van der Waals surface area contributed by atoms with Crippen LogP contribution in [0.4, 0.5) is 0 Å². The highest BCUT2D eigenvalue weighted by atomic mass is 28.4. The van der Waals surface area contributed by atoms with E-state index >= 15 is 0 Å². The average molecular weight is 439 g/mol. The second kappa shape index (κ2) is 12.3. The third-order valence-electron chi connectivity index (χ3n) is 4.86. The maximum absolute atomic E-state index is 5.36. The van der Waals surface area contributed by atoms with Gasteiger partial charge in [0.2, 0.25) is 0 Å². The van der Waals surface area contributed by atoms with Crippen LogP contribution in [0, 0.1) is 0 Å². The van der Waals surface area contributed by atoms with Gasteiger partial charge >= 0.3 is 0 Å². The summed E-state index contributed by atoms with van der Waals surface area (Å²) in [6.07, 6.45) is 2.57. The minimum atomic E-state index is -1.28. The number of nitrogens with two attached hydrogens (primary N) is 1. The van der Waals surface area contributed by atoms with Crippen molar-refractivity contribution in [3.05, 3.63) is 0 Å². The van der Waals surface area contributed by atoms with Crippen molar-refractivity contribution in [2.75, 3.05) is 27.3 Å². The Morgan fingerprint density at radius 1 is 0.923 bits per heavy atom. The Hall–Kier alpha value is 0.708. The second-order valence-corrected chi connectivity index (χ2v) is 29.5. The SMILES string of the molecule is CO[Si](C)(C)C.CO[Si](C)(C)CCCN.C[Si](C)(C)N1CCC[Si]1(C)C. The van der Waals surface area contributed by atoms with E-state index in [9.17, 15) is 0 Å². The van der Waals surface area contributed by atoms with E-state index in [0.717, 1.165) is 13.0 Å². The Morgan fingerprint density at radius 2 is 1.38 bits per heavy atom. The topological polar surface area (TPSA) is 47.7 Å². The highest BCUT2D eigenvalue weighted by Gasteiger charge is 2.40. The summed E-state index contributed by atoms with van der Waals surface area (Å²) in [6.45, 7) is 25.6. The predicted octanol–water partition coefficient (Wildman–Crippen LogP) is 5.39. The summed E-state index contributed by atoms with van der Waals surface area (Å²) >= 11 is 0. The quantitative estimate of drug-likeness (QED) is 0.565. The third kappa shape index (κ3) is 14.7. The molecule has 1 heterocycles. The fraction of sp³-hybridized carbons (Fsp3) is 1.00. The first kappa shape index (κ1) is 28.9. The van der Waals surface area contributed by atoms with Gasteiger partial charge in [0.05, 0.1) is 0 Å². The van der Waals surface area contributed by atoms with Crippen LogP contribution in [0.3, 0.4) is 0 Å². The number of nitrogens with zero attached hydrogens (tertiary/aromatic N) is 1. The molecule has 1 aliphatic heterocycles. The summed E-state index contributed by atoms with van der Waals surface area (Å²) in [7, 11) is -0.719. The molecule has 0 aromatic carbocycles. The van der Waals surface area contributed by atoms with Crippen molar-refractivity contribution in [1.82, 2.24) is 4.23 Å². The van der Waals surface area contributed by atoms with E-state index in [4.69, 9.17) is 14.6 Å². The maximum Gasteiger partial charge on any atom is 0.186 e. The van der Waals surface area contributed by atoms with E-state index in [1.807, 2.05) is 0 Å². The first-order valence-electron chi connectivity index (χ1n) is 10.1. The molecule has 0 saturated carbocycles. The predicted molar refractivity (Wildman–Crippen MR) is 130 cm³/mol. The first-order chi connectivity index (χ1) is 11.5. The lowest BCUT2D eigenvalue weighted by Gasteiger charge is -2.40. The van der Waals surface area contributed by atoms with Gasteiger partial charge in [-0.25, -0.2) is 0 Å². The van der Waals surface area contributed by atoms with Crippen LogP contribution in [0.5, 0.6) is 0 Å². The monoisotopic (exact) mass is 438 g/mol. The van der Waals surface area contributed by atoms with Crippen LogP contribution >= 0.6 is 0 Å². The standard InChI is InChI=1S/C8H21NSi2.C6H17NOSi.C4H12OSi/c1-10(2,3)9-7-6-8-11(9,4)5;1-8-9(2,3)6-4-5-7;1-5-6(2,3)4/h6-8H2,1-5H3;4-7H2,1-3H3;1-4H3. The molecule has 4 nitrogen and oxygen atoms in total. The van der Waals surface area contributed by atoms with Gasteiger partial charge in [0, 0.05) is 14.2 Å². The number of rotatable bonds is 6. The fourth-order valence-electron chi connectivity index (χ4n) is 2.98. The van der Waals surface area contributed by atoms with Crippen molar-refractivity contribution in [3.8, 4) is 0 Å². The molecular weight excluding hydrogens is 389 g/mol. The van der Waals surface area contributed by atoms with Gasteiger partial charge in [0.15, 0.2) is 16.6 Å². The van der Waals surface area contributed by atoms with Gasteiger partial charge in [-0.3, -0.25) is 0 Å². The summed E-state index contributed by atoms with van der Waals surface area (Å²) in [5, 5.41) is 0. The molecule has 0 atom stereocenters. The molecule has 0 aromatic heterocycles. The van der Waals surface area contributed by atoms with Gasteiger partial charge in [0.1, 0.15) is 16.5 Å². The summed E-state index contributed by atoms with van der Waals surface area (Å²) in [6, 6.07) is 2.71. The Balaban J connectivity index is 0. The van der Waals surface area contributed by atoms with Gasteiger partial charge in [0.25, 0.3) is 0 Å². The zero-order valence-electron chi connectivity index (χ0n) is 20.1. The molecule has 160 valence electrons. The van der Waals surface area contributed by atoms with Crippen LogP contribution < -0.4 is 5.73 Å². The van der Waals surface area contributed by atoms with Crippen LogP contribution in [-0.2, 0) is 8.85 Å². The lowest BCUT2D eigenvalue weighted by atomic mass is 10.5. The maximum atomic E-state index is 5.36. The van der Waals surface area contributed by atoms with Crippen molar-refractivity contribution in [2.45, 2.75) is 90.4 Å². The Labute approximate surface area is 169 Å². The van der Waals surface area contributed by atoms with Crippen LogP contribution in [-0.4, -0.2) is 64.6 Å². The van der Waals surface area contributed by atoms with Gasteiger partial charge in [-0.05, 0) is 70.8 Å². The van der Waals surface area contributed by atoms with Gasteiger partial charge < -0.3 is 18.8 Å². The van der Waals surface area contributed by atoms with Crippen molar-refractivity contribution in [3.63, 3.8) is 0 Å². The molecule has 1 rings (SSSR count). The van der Waals surface area contributed by atoms with Crippen LogP contribution in [0.25, 0.3) is 0 Å². The Bertz CT molecular complexity index is 367. The zero-order chi connectivity index (χ0) is 21.2. The van der Waals surface area contributed by atoms with Gasteiger partial charge in [-0.1, -0.05) is 32.7 Å². The highest BCUT2D eigenvalue weighted by molar-refractivity contribution is 6.90. The van der Waals surface area contributed by atoms with E-state index in [1.165, 1.54) is 25.1 Å². The molecule has 1 fully saturated rings. The normalized spacial score (nSPS) is 17.9. The van der Waals surface area contributed by atoms with Crippen molar-refractivity contribution in [1.29, 1.82) is 0 Å². The van der Waals surface area contributed by atoms with E-state index in [-0.39, 0.29) is 0 Å². The van der Waals surface area contributed by atoms with Crippen molar-refractivity contribution in [2.24, 2.45) is 5.73 Å². The minimum absolute atomic E-state index is 0.791. The lowest BCUT2D eigenvalue weighted by Crippen LogP contribution is -2.56. The fourth-order valence-corrected chi connectivity index (χ4v) is 14.7. The molecule has 26 heavy (non-hydrogen) atoms. The summed E-state index contributed by atoms with van der Waals surface area (Å²) < 4.78 is 13.3. The molecule has 8 heteroatoms. The van der Waals surface area contributed by atoms with Crippen LogP contribution in [0.15, 0.2) is 0 Å². The molecule has 0 unspecified atom stereocenters. The smallest absolute Gasteiger partial charge is 0.186 e. The molecular formula is C18H50N2O2Si4. The largest absolute Gasteiger partial charge is 0.421 e. The molecule has 1 aliphatic rings. The molecule has 0 spiro atoms. The lowest BCUT2D eigenvalue weighted by molar-refractivity contribution is 0.402. The van der Waals surface area contributed by atoms with Gasteiger partial charge in [-0.15, -0.1) is 0 Å². The molecule has 0 radical (unpaired) electrons. The second-order valence-electron chi connectivity index (χ2n) is 10.4. The molecule has 2 N–H and O–H groups in total. The van der Waals surface area contributed by atoms with E-state index < -0.39 is 33.1 Å². The Kier molecular flexibility index (Phi) is 13.7.